The number of hydrogen-bond donors (Lipinski definition) is 0. The van der Waals surface area contributed by atoms with Crippen molar-refractivity contribution in [1.82, 2.24) is 43.1 Å². The van der Waals surface area contributed by atoms with Gasteiger partial charge in [-0.25, -0.2) is 9.97 Å². The zero-order chi connectivity index (χ0) is 97.6. The van der Waals surface area contributed by atoms with Gasteiger partial charge in [-0.15, -0.1) is 0 Å². The molecule has 1 unspecified atom stereocenters. The van der Waals surface area contributed by atoms with Gasteiger partial charge in [0.1, 0.15) is 11.3 Å². The van der Waals surface area contributed by atoms with E-state index >= 15 is 4.57 Å². The molecule has 0 N–H and O–H groups in total. The van der Waals surface area contributed by atoms with E-state index in [1.54, 1.807) is 6.20 Å². The molecule has 9 aromatic heterocycles. The van der Waals surface area contributed by atoms with E-state index in [2.05, 4.69) is 373 Å². The number of imidazole rings is 3. The molecule has 0 fully saturated rings. The van der Waals surface area contributed by atoms with E-state index in [1.165, 1.54) is 80.6 Å². The van der Waals surface area contributed by atoms with Crippen LogP contribution in [-0.2, 0) is 9.13 Å². The Morgan fingerprint density at radius 1 is 0.211 bits per heavy atom. The van der Waals surface area contributed by atoms with Crippen molar-refractivity contribution in [3.8, 4) is 33.5 Å². The average molecular weight is 2000 g/mol. The van der Waals surface area contributed by atoms with Crippen molar-refractivity contribution in [2.45, 2.75) is 0 Å². The molecule has 9 heterocycles. The first-order chi connectivity index (χ1) is 72.5. The van der Waals surface area contributed by atoms with Gasteiger partial charge in [0.05, 0.1) is 38.8 Å². The molecular weight excluding hydrogens is 1920 g/mol. The number of para-hydroxylation sites is 4. The fraction of sp³-hybridized carbons (Fsp3) is 0. The summed E-state index contributed by atoms with van der Waals surface area (Å²) in [6.07, 6.45) is 7.56. The maximum atomic E-state index is 15.0. The van der Waals surface area contributed by atoms with Crippen molar-refractivity contribution < 1.29 is 9.13 Å². The molecule has 30 aromatic rings. The zero-order valence-corrected chi connectivity index (χ0v) is 83.5. The number of benzene rings is 21. The summed E-state index contributed by atoms with van der Waals surface area (Å²) in [5.74, 6) is 0. The summed E-state index contributed by atoms with van der Waals surface area (Å²) in [5.41, 5.74) is 18.0. The molecule has 0 bridgehead atoms. The van der Waals surface area contributed by atoms with Crippen LogP contribution in [-0.4, -0.2) is 58.2 Å². The predicted octanol–water partition coefficient (Wildman–Crippen LogP) is 29.1. The summed E-state index contributed by atoms with van der Waals surface area (Å²) in [6, 6.07) is 169. The van der Waals surface area contributed by atoms with E-state index in [4.69, 9.17) is 24.9 Å². The van der Waals surface area contributed by atoms with Crippen molar-refractivity contribution in [2.75, 3.05) is 0 Å². The molecule has 30 rings (SSSR count). The molecule has 0 aliphatic rings. The van der Waals surface area contributed by atoms with E-state index in [9.17, 15) is 4.57 Å². The van der Waals surface area contributed by atoms with Crippen LogP contribution in [0.2, 0.25) is 0 Å². The quantitative estimate of drug-likeness (QED) is 0.0513. The molecule has 0 saturated heterocycles. The second-order valence-electron chi connectivity index (χ2n) is 37.8. The Balaban J connectivity index is 0.000000107. The summed E-state index contributed by atoms with van der Waals surface area (Å²) in [4.78, 5) is 29.9. The van der Waals surface area contributed by atoms with Crippen LogP contribution in [0.3, 0.4) is 0 Å². The number of fused-ring (bicyclic) bond motifs is 33. The van der Waals surface area contributed by atoms with Crippen LogP contribution in [0.1, 0.15) is 0 Å². The van der Waals surface area contributed by atoms with Gasteiger partial charge in [0.15, 0.2) is 14.3 Å². The van der Waals surface area contributed by atoms with E-state index in [0.717, 1.165) is 180 Å². The van der Waals surface area contributed by atoms with Gasteiger partial charge in [-0.3, -0.25) is 13.8 Å². The van der Waals surface area contributed by atoms with Crippen molar-refractivity contribution in [1.29, 1.82) is 0 Å². The number of aromatic nitrogens is 9. The second-order valence-corrected chi connectivity index (χ2v) is 49.5. The normalized spacial score (nSPS) is 12.5. The number of nitrogens with zero attached hydrogens (tertiary/aromatic N) is 9. The molecule has 21 aromatic carbocycles. The summed E-state index contributed by atoms with van der Waals surface area (Å²) < 4.78 is 36.8. The van der Waals surface area contributed by atoms with Gasteiger partial charge in [-0.2, -0.15) is 0 Å². The Kier molecular flexibility index (Phi) is 20.9. The van der Waals surface area contributed by atoms with E-state index in [-0.39, 0.29) is 0 Å². The number of rotatable bonds is 12. The molecule has 0 aliphatic heterocycles. The van der Waals surface area contributed by atoms with Gasteiger partial charge < -0.3 is 9.13 Å². The molecular formula is C132H84N9O2P3Se. The summed E-state index contributed by atoms with van der Waals surface area (Å²) in [5, 5.41) is 32.1. The van der Waals surface area contributed by atoms with Crippen molar-refractivity contribution in [3.63, 3.8) is 0 Å². The van der Waals surface area contributed by atoms with Crippen LogP contribution >= 0.6 is 19.8 Å². The number of pyridine rings is 6. The van der Waals surface area contributed by atoms with Crippen LogP contribution in [0.25, 0.3) is 213 Å². The van der Waals surface area contributed by atoms with Crippen LogP contribution in [0.15, 0.2) is 510 Å². The van der Waals surface area contributed by atoms with Gasteiger partial charge in [0.2, 0.25) is 0 Å². The first kappa shape index (κ1) is 87.3. The molecule has 0 aliphatic carbocycles. The molecule has 11 nitrogen and oxygen atoms in total. The Morgan fingerprint density at radius 3 is 1.27 bits per heavy atom. The molecule has 147 heavy (non-hydrogen) atoms. The van der Waals surface area contributed by atoms with Crippen LogP contribution in [0.4, 0.5) is 0 Å². The molecule has 15 heteroatoms. The Hall–Kier alpha value is -17.6. The molecule has 0 saturated carbocycles. The third-order valence-corrected chi connectivity index (χ3v) is 42.5. The van der Waals surface area contributed by atoms with Crippen molar-refractivity contribution in [2.24, 2.45) is 0 Å². The minimum atomic E-state index is -3.08. The van der Waals surface area contributed by atoms with Crippen LogP contribution in [0.5, 0.6) is 0 Å². The monoisotopic (exact) mass is 2000 g/mol. The fourth-order valence-corrected chi connectivity index (χ4v) is 32.4. The Bertz CT molecular complexity index is 10700. The second kappa shape index (κ2) is 35.2. The first-order valence-electron chi connectivity index (χ1n) is 49.3. The van der Waals surface area contributed by atoms with Crippen molar-refractivity contribution >= 4 is 262 Å². The summed E-state index contributed by atoms with van der Waals surface area (Å²) >= 11 is 3.63. The molecule has 690 valence electrons. The Labute approximate surface area is 851 Å². The SMILES string of the molecule is O=P(c1ccccc1)(c1ccccc1)c1ccc(-c2ccc3c(ccc4c5ccccc5c5nc6ccccc6n5c34)c2)nc1.O=P(c1ccccc1)(c1ccccc1)c1ccc2cc(-c3ccc4c5c6ccccc6ccc5c5nc6ccccc6n5c4c3)ccc2c1.[Se]=P(c1ccccc1)(c1ccncc1)c1cc2ccc(-c3ccc4nc5c6c7ccccc7ccc6c6cc7ccccc7cc6n5c4c3)cc2cn1. The van der Waals surface area contributed by atoms with Crippen LogP contribution in [0, 0.1) is 0 Å². The summed E-state index contributed by atoms with van der Waals surface area (Å²) in [7, 11) is -6.15. The van der Waals surface area contributed by atoms with Crippen molar-refractivity contribution in [3.05, 3.63) is 510 Å². The van der Waals surface area contributed by atoms with Crippen LogP contribution < -0.4 is 47.9 Å². The average Bonchev–Trinajstić information content (AvgIpc) is 1.59. The third kappa shape index (κ3) is 14.3. The zero-order valence-electron chi connectivity index (χ0n) is 79.1. The third-order valence-electron chi connectivity index (χ3n) is 29.6. The van der Waals surface area contributed by atoms with Gasteiger partial charge in [-0.1, -0.05) is 322 Å². The molecule has 0 radical (unpaired) electrons. The Morgan fingerprint density at radius 2 is 0.626 bits per heavy atom. The van der Waals surface area contributed by atoms with E-state index < -0.39 is 19.8 Å². The van der Waals surface area contributed by atoms with Gasteiger partial charge in [-0.05, 0) is 149 Å². The van der Waals surface area contributed by atoms with E-state index in [1.807, 2.05) is 164 Å². The van der Waals surface area contributed by atoms with E-state index in [0.29, 0.717) is 0 Å². The van der Waals surface area contributed by atoms with Gasteiger partial charge in [0, 0.05) is 86.7 Å². The number of hydrogen-bond acceptors (Lipinski definition) is 8. The van der Waals surface area contributed by atoms with Gasteiger partial charge in [0.25, 0.3) is 0 Å². The standard InChI is InChI=1S/C47H29N4PSe.C45H29N2OP.C40H26N3OP/c53-52(37-11-2-1-3-12-37,38-20-22-48-23-21-38)45-28-35-15-14-33(24-36(35)29-49-45)34-17-19-42-44(27-34)51-43-26-32-10-5-4-9-31(32)25-41(43)40-18-16-30-8-6-7-13-39(30)46(40)47(51)50-42;48-49(35-12-3-1-4-13-35,36-14-5-2-6-15-36)37-24-21-32-27-31(19-20-33(32)28-37)34-23-25-39-43(29-34)47-42-18-10-9-17-41(42)46-45(47)40-26-22-30-11-7-8-16-38(30)44(39)40;44-45(29-11-3-1-4-12-29,30-13-5-2-6-14-30)31-21-24-36(41-26-31)28-20-22-32-27(25-28)19-23-34-33-15-7-8-16-35(33)40-42-37-17-9-10-18-38(37)43(40)39(32)34/h1-29H;1-29H;1-26H. The predicted molar refractivity (Wildman–Crippen MR) is 621 cm³/mol. The molecule has 0 amide bonds. The summed E-state index contributed by atoms with van der Waals surface area (Å²) in [6.45, 7) is 0. The molecule has 0 spiro atoms. The van der Waals surface area contributed by atoms with Gasteiger partial charge >= 0.3 is 204 Å². The fourth-order valence-electron chi connectivity index (χ4n) is 22.5. The maximum absolute atomic E-state index is 15.0. The topological polar surface area (TPSA) is 125 Å². The minimum absolute atomic E-state index is 0.719. The molecule has 1 atom stereocenters. The first-order valence-corrected chi connectivity index (χ1v) is 56.7.